The van der Waals surface area contributed by atoms with E-state index in [9.17, 15) is 4.79 Å². The van der Waals surface area contributed by atoms with Gasteiger partial charge in [0.25, 0.3) is 0 Å². The lowest BCUT2D eigenvalue weighted by atomic mass is 10.2. The molecule has 3 rings (SSSR count). The van der Waals surface area contributed by atoms with Gasteiger partial charge in [0.15, 0.2) is 0 Å². The Morgan fingerprint density at radius 3 is 2.79 bits per heavy atom. The van der Waals surface area contributed by atoms with Gasteiger partial charge in [0.2, 0.25) is 5.91 Å². The highest BCUT2D eigenvalue weighted by Gasteiger charge is 2.30. The van der Waals surface area contributed by atoms with E-state index in [1.54, 1.807) is 18.0 Å². The Hall–Kier alpha value is -1.81. The molecule has 1 aliphatic heterocycles. The minimum atomic E-state index is -0.0430. The van der Waals surface area contributed by atoms with Gasteiger partial charge in [0.05, 0.1) is 23.2 Å². The van der Waals surface area contributed by atoms with Crippen molar-refractivity contribution >= 4 is 23.4 Å². The summed E-state index contributed by atoms with van der Waals surface area (Å²) in [6, 6.07) is 13.8. The average Bonchev–Trinajstić information content (AvgIpc) is 2.45. The molecule has 3 nitrogen and oxygen atoms in total. The van der Waals surface area contributed by atoms with Crippen molar-refractivity contribution in [2.75, 3.05) is 4.90 Å². The van der Waals surface area contributed by atoms with Crippen molar-refractivity contribution in [3.05, 3.63) is 54.4 Å². The fourth-order valence-corrected chi connectivity index (χ4v) is 3.24. The third-order valence-corrected chi connectivity index (χ3v) is 4.27. The minimum Gasteiger partial charge on any atom is -0.304 e. The lowest BCUT2D eigenvalue weighted by molar-refractivity contribution is -0.118. The van der Waals surface area contributed by atoms with Crippen LogP contribution in [0, 0.1) is 0 Å². The molecule has 1 aromatic carbocycles. The molecule has 0 fully saturated rings. The average molecular weight is 270 g/mol. The quantitative estimate of drug-likeness (QED) is 0.840. The highest BCUT2D eigenvalue weighted by Crippen LogP contribution is 2.39. The molecule has 1 unspecified atom stereocenters. The van der Waals surface area contributed by atoms with Crippen LogP contribution >= 0.6 is 11.8 Å². The predicted molar refractivity (Wildman–Crippen MR) is 77.2 cm³/mol. The van der Waals surface area contributed by atoms with Gasteiger partial charge in [-0.25, -0.2) is 0 Å². The van der Waals surface area contributed by atoms with Gasteiger partial charge in [-0.2, -0.15) is 0 Å². The van der Waals surface area contributed by atoms with E-state index in [1.807, 2.05) is 48.2 Å². The van der Waals surface area contributed by atoms with Crippen LogP contribution in [-0.2, 0) is 11.3 Å². The number of benzene rings is 1. The molecule has 1 amide bonds. The number of rotatable bonds is 2. The van der Waals surface area contributed by atoms with Crippen LogP contribution in [0.1, 0.15) is 12.6 Å². The van der Waals surface area contributed by atoms with E-state index in [0.717, 1.165) is 16.3 Å². The molecule has 0 radical (unpaired) electrons. The van der Waals surface area contributed by atoms with Gasteiger partial charge in [0, 0.05) is 11.1 Å². The fraction of sp³-hybridized carbons (Fsp3) is 0.200. The summed E-state index contributed by atoms with van der Waals surface area (Å²) in [6.07, 6.45) is 1.76. The summed E-state index contributed by atoms with van der Waals surface area (Å²) in [5.74, 6) is 0.148. The lowest BCUT2D eigenvalue weighted by Gasteiger charge is -2.32. The van der Waals surface area contributed by atoms with Crippen molar-refractivity contribution in [2.45, 2.75) is 23.6 Å². The normalized spacial score (nSPS) is 18.3. The van der Waals surface area contributed by atoms with Crippen molar-refractivity contribution in [2.24, 2.45) is 0 Å². The van der Waals surface area contributed by atoms with Crippen LogP contribution in [0.4, 0.5) is 5.69 Å². The van der Waals surface area contributed by atoms with Crippen LogP contribution in [0.25, 0.3) is 0 Å². The van der Waals surface area contributed by atoms with Gasteiger partial charge < -0.3 is 4.90 Å². The van der Waals surface area contributed by atoms with Crippen molar-refractivity contribution in [3.63, 3.8) is 0 Å². The summed E-state index contributed by atoms with van der Waals surface area (Å²) >= 11 is 1.62. The molecule has 19 heavy (non-hydrogen) atoms. The second kappa shape index (κ2) is 5.05. The largest absolute Gasteiger partial charge is 0.304 e. The van der Waals surface area contributed by atoms with Crippen LogP contribution in [0.2, 0.25) is 0 Å². The van der Waals surface area contributed by atoms with E-state index >= 15 is 0 Å². The number of amides is 1. The summed E-state index contributed by atoms with van der Waals surface area (Å²) in [5.41, 5.74) is 1.89. The highest BCUT2D eigenvalue weighted by atomic mass is 32.2. The second-order valence-electron chi connectivity index (χ2n) is 4.47. The van der Waals surface area contributed by atoms with E-state index in [1.165, 1.54) is 0 Å². The van der Waals surface area contributed by atoms with Crippen LogP contribution in [0.15, 0.2) is 53.6 Å². The van der Waals surface area contributed by atoms with Crippen molar-refractivity contribution in [1.82, 2.24) is 4.98 Å². The number of thioether (sulfide) groups is 1. The molecule has 0 bridgehead atoms. The number of carbonyl (C=O) groups excluding carboxylic acids is 1. The molecule has 0 aliphatic carbocycles. The highest BCUT2D eigenvalue weighted by molar-refractivity contribution is 8.00. The standard InChI is InChI=1S/C15H14N2OS/c1-11-15(18)17(10-12-6-4-5-9-16-12)13-7-2-3-8-14(13)19-11/h2-9,11H,10H2,1H3. The van der Waals surface area contributed by atoms with Crippen LogP contribution in [-0.4, -0.2) is 16.1 Å². The maximum atomic E-state index is 12.4. The smallest absolute Gasteiger partial charge is 0.240 e. The zero-order valence-corrected chi connectivity index (χ0v) is 11.4. The molecule has 0 N–H and O–H groups in total. The van der Waals surface area contributed by atoms with E-state index in [-0.39, 0.29) is 11.2 Å². The third kappa shape index (κ3) is 2.36. The summed E-state index contributed by atoms with van der Waals surface area (Å²) in [6.45, 7) is 2.48. The Bertz CT molecular complexity index is 600. The Morgan fingerprint density at radius 1 is 1.21 bits per heavy atom. The van der Waals surface area contributed by atoms with Gasteiger partial charge >= 0.3 is 0 Å². The first-order valence-corrected chi connectivity index (χ1v) is 7.10. The number of nitrogens with zero attached hydrogens (tertiary/aromatic N) is 2. The zero-order chi connectivity index (χ0) is 13.2. The maximum Gasteiger partial charge on any atom is 0.240 e. The first kappa shape index (κ1) is 12.2. The lowest BCUT2D eigenvalue weighted by Crippen LogP contribution is -2.39. The topological polar surface area (TPSA) is 33.2 Å². The van der Waals surface area contributed by atoms with Crippen molar-refractivity contribution in [3.8, 4) is 0 Å². The molecule has 2 heterocycles. The Kier molecular flexibility index (Phi) is 3.25. The molecule has 1 aromatic heterocycles. The monoisotopic (exact) mass is 270 g/mol. The molecule has 2 aromatic rings. The van der Waals surface area contributed by atoms with Crippen LogP contribution in [0.5, 0.6) is 0 Å². The number of pyridine rings is 1. The molecular formula is C15H14N2OS. The first-order chi connectivity index (χ1) is 9.25. The van der Waals surface area contributed by atoms with E-state index in [2.05, 4.69) is 11.1 Å². The van der Waals surface area contributed by atoms with Crippen molar-refractivity contribution in [1.29, 1.82) is 0 Å². The SMILES string of the molecule is CC1Sc2ccccc2N(Cc2ccccn2)C1=O. The van der Waals surface area contributed by atoms with Gasteiger partial charge in [-0.15, -0.1) is 11.8 Å². The molecular weight excluding hydrogens is 256 g/mol. The molecule has 96 valence electrons. The molecule has 0 saturated carbocycles. The number of carbonyl (C=O) groups is 1. The number of aromatic nitrogens is 1. The second-order valence-corrected chi connectivity index (χ2v) is 5.86. The summed E-state index contributed by atoms with van der Waals surface area (Å²) in [4.78, 5) is 19.7. The molecule has 0 spiro atoms. The zero-order valence-electron chi connectivity index (χ0n) is 10.6. The summed E-state index contributed by atoms with van der Waals surface area (Å²) < 4.78 is 0. The summed E-state index contributed by atoms with van der Waals surface area (Å²) in [5, 5.41) is -0.0430. The number of anilines is 1. The van der Waals surface area contributed by atoms with E-state index in [4.69, 9.17) is 0 Å². The fourth-order valence-electron chi connectivity index (χ4n) is 2.18. The Balaban J connectivity index is 1.97. The van der Waals surface area contributed by atoms with Crippen LogP contribution in [0.3, 0.4) is 0 Å². The Labute approximate surface area is 116 Å². The molecule has 1 aliphatic rings. The number of hydrogen-bond donors (Lipinski definition) is 0. The maximum absolute atomic E-state index is 12.4. The Morgan fingerprint density at radius 2 is 2.00 bits per heavy atom. The van der Waals surface area contributed by atoms with Gasteiger partial charge in [-0.3, -0.25) is 9.78 Å². The molecule has 0 saturated heterocycles. The number of para-hydroxylation sites is 1. The minimum absolute atomic E-state index is 0.0430. The number of hydrogen-bond acceptors (Lipinski definition) is 3. The van der Waals surface area contributed by atoms with E-state index < -0.39 is 0 Å². The number of fused-ring (bicyclic) bond motifs is 1. The van der Waals surface area contributed by atoms with Gasteiger partial charge in [0.1, 0.15) is 0 Å². The molecule has 4 heteroatoms. The molecule has 1 atom stereocenters. The summed E-state index contributed by atoms with van der Waals surface area (Å²) in [7, 11) is 0. The van der Waals surface area contributed by atoms with Crippen molar-refractivity contribution < 1.29 is 4.79 Å². The van der Waals surface area contributed by atoms with Gasteiger partial charge in [-0.1, -0.05) is 18.2 Å². The van der Waals surface area contributed by atoms with E-state index in [0.29, 0.717) is 6.54 Å². The first-order valence-electron chi connectivity index (χ1n) is 6.22. The third-order valence-electron chi connectivity index (χ3n) is 3.12. The van der Waals surface area contributed by atoms with Crippen LogP contribution < -0.4 is 4.90 Å². The van der Waals surface area contributed by atoms with Gasteiger partial charge in [-0.05, 0) is 31.2 Å². The predicted octanol–water partition coefficient (Wildman–Crippen LogP) is 3.11.